The first-order chi connectivity index (χ1) is 7.02. The quantitative estimate of drug-likeness (QED) is 0.740. The molecule has 2 aliphatic carbocycles. The van der Waals surface area contributed by atoms with Gasteiger partial charge in [-0.15, -0.1) is 0 Å². The minimum absolute atomic E-state index is 0.144. The Hall–Kier alpha value is -0.570. The Bertz CT molecular complexity index is 254. The molecule has 15 heavy (non-hydrogen) atoms. The lowest BCUT2D eigenvalue weighted by Crippen LogP contribution is -2.51. The molecule has 0 aromatic carbocycles. The van der Waals surface area contributed by atoms with Crippen molar-refractivity contribution in [3.05, 3.63) is 0 Å². The van der Waals surface area contributed by atoms with Gasteiger partial charge in [-0.1, -0.05) is 13.3 Å². The number of nitrogens with one attached hydrogen (secondary N) is 1. The van der Waals surface area contributed by atoms with Crippen molar-refractivity contribution in [1.82, 2.24) is 5.32 Å². The summed E-state index contributed by atoms with van der Waals surface area (Å²) in [4.78, 5) is 11.6. The molecule has 2 rings (SSSR count). The molecule has 2 saturated carbocycles. The summed E-state index contributed by atoms with van der Waals surface area (Å²) in [6, 6.07) is 0. The van der Waals surface area contributed by atoms with Crippen LogP contribution in [0.15, 0.2) is 0 Å². The number of rotatable bonds is 4. The Kier molecular flexibility index (Phi) is 2.75. The van der Waals surface area contributed by atoms with Crippen molar-refractivity contribution in [1.29, 1.82) is 0 Å². The summed E-state index contributed by atoms with van der Waals surface area (Å²) >= 11 is 0. The second kappa shape index (κ2) is 3.78. The predicted octanol–water partition coefficient (Wildman–Crippen LogP) is 1.56. The van der Waals surface area contributed by atoms with Crippen LogP contribution < -0.4 is 11.1 Å². The van der Waals surface area contributed by atoms with Crippen molar-refractivity contribution >= 4 is 5.91 Å². The van der Waals surface area contributed by atoms with Gasteiger partial charge in [-0.3, -0.25) is 4.79 Å². The van der Waals surface area contributed by atoms with E-state index in [-0.39, 0.29) is 11.4 Å². The van der Waals surface area contributed by atoms with Crippen LogP contribution in [0, 0.1) is 5.41 Å². The van der Waals surface area contributed by atoms with Gasteiger partial charge in [0.1, 0.15) is 0 Å². The number of amides is 1. The van der Waals surface area contributed by atoms with E-state index >= 15 is 0 Å². The molecule has 0 saturated heterocycles. The molecular weight excluding hydrogens is 188 g/mol. The van der Waals surface area contributed by atoms with Gasteiger partial charge in [0.2, 0.25) is 5.91 Å². The highest BCUT2D eigenvalue weighted by molar-refractivity contribution is 5.77. The normalized spacial score (nSPS) is 26.3. The van der Waals surface area contributed by atoms with Gasteiger partial charge in [0, 0.05) is 18.5 Å². The standard InChI is InChI=1S/C12H22N2O/c1-11(4-2-5-11)9-14-10(15)8-12(13)6-3-7-12/h2-9,13H2,1H3,(H,14,15). The summed E-state index contributed by atoms with van der Waals surface area (Å²) in [6.07, 6.45) is 7.54. The highest BCUT2D eigenvalue weighted by Crippen LogP contribution is 2.39. The first kappa shape index (κ1) is 10.9. The van der Waals surface area contributed by atoms with Crippen molar-refractivity contribution in [2.75, 3.05) is 6.54 Å². The molecule has 0 bridgehead atoms. The molecule has 0 atom stereocenters. The molecule has 0 radical (unpaired) electrons. The molecule has 86 valence electrons. The molecule has 2 fully saturated rings. The van der Waals surface area contributed by atoms with Gasteiger partial charge in [-0.25, -0.2) is 0 Å². The lowest BCUT2D eigenvalue weighted by atomic mass is 9.70. The van der Waals surface area contributed by atoms with Crippen molar-refractivity contribution in [2.45, 2.75) is 57.4 Å². The van der Waals surface area contributed by atoms with Crippen LogP contribution in [0.1, 0.15) is 51.9 Å². The van der Waals surface area contributed by atoms with Crippen LogP contribution in [0.3, 0.4) is 0 Å². The van der Waals surface area contributed by atoms with Gasteiger partial charge in [0.15, 0.2) is 0 Å². The van der Waals surface area contributed by atoms with Gasteiger partial charge in [0.05, 0.1) is 0 Å². The number of carbonyl (C=O) groups is 1. The van der Waals surface area contributed by atoms with Crippen LogP contribution in [-0.4, -0.2) is 18.0 Å². The van der Waals surface area contributed by atoms with Crippen LogP contribution in [0.5, 0.6) is 0 Å². The van der Waals surface area contributed by atoms with Gasteiger partial charge in [-0.05, 0) is 37.5 Å². The van der Waals surface area contributed by atoms with E-state index in [9.17, 15) is 4.79 Å². The van der Waals surface area contributed by atoms with Gasteiger partial charge in [-0.2, -0.15) is 0 Å². The molecule has 0 aromatic rings. The maximum atomic E-state index is 11.6. The van der Waals surface area contributed by atoms with E-state index in [0.29, 0.717) is 11.8 Å². The average molecular weight is 210 g/mol. The highest BCUT2D eigenvalue weighted by atomic mass is 16.1. The number of carbonyl (C=O) groups excluding carboxylic acids is 1. The second-order valence-corrected chi connectivity index (χ2v) is 5.83. The van der Waals surface area contributed by atoms with Gasteiger partial charge < -0.3 is 11.1 Å². The largest absolute Gasteiger partial charge is 0.355 e. The zero-order valence-corrected chi connectivity index (χ0v) is 9.64. The SMILES string of the molecule is CC1(CNC(=O)CC2(N)CCC2)CCC1. The first-order valence-electron chi connectivity index (χ1n) is 6.07. The molecule has 0 aromatic heterocycles. The summed E-state index contributed by atoms with van der Waals surface area (Å²) in [5.74, 6) is 0.144. The predicted molar refractivity (Wildman–Crippen MR) is 60.4 cm³/mol. The molecule has 0 spiro atoms. The lowest BCUT2D eigenvalue weighted by Gasteiger charge is -2.40. The van der Waals surface area contributed by atoms with Crippen molar-refractivity contribution < 1.29 is 4.79 Å². The van der Waals surface area contributed by atoms with E-state index in [1.807, 2.05) is 0 Å². The first-order valence-corrected chi connectivity index (χ1v) is 6.07. The molecule has 3 N–H and O–H groups in total. The maximum Gasteiger partial charge on any atom is 0.221 e. The van der Waals surface area contributed by atoms with Crippen LogP contribution in [0.25, 0.3) is 0 Å². The summed E-state index contributed by atoms with van der Waals surface area (Å²) in [5, 5.41) is 3.03. The summed E-state index contributed by atoms with van der Waals surface area (Å²) in [5.41, 5.74) is 6.22. The molecule has 3 heteroatoms. The third-order valence-electron chi connectivity index (χ3n) is 4.13. The molecule has 2 aliphatic rings. The van der Waals surface area contributed by atoms with Crippen LogP contribution >= 0.6 is 0 Å². The molecule has 0 heterocycles. The fourth-order valence-corrected chi connectivity index (χ4v) is 2.46. The van der Waals surface area contributed by atoms with Crippen molar-refractivity contribution in [2.24, 2.45) is 11.1 Å². The third kappa shape index (κ3) is 2.51. The number of hydrogen-bond donors (Lipinski definition) is 2. The molecule has 0 unspecified atom stereocenters. The van der Waals surface area contributed by atoms with E-state index in [1.54, 1.807) is 0 Å². The van der Waals surface area contributed by atoms with Crippen LogP contribution in [0.4, 0.5) is 0 Å². The molecule has 3 nitrogen and oxygen atoms in total. The van der Waals surface area contributed by atoms with Crippen molar-refractivity contribution in [3.8, 4) is 0 Å². The minimum Gasteiger partial charge on any atom is -0.355 e. The van der Waals surface area contributed by atoms with Crippen molar-refractivity contribution in [3.63, 3.8) is 0 Å². The van der Waals surface area contributed by atoms with Crippen LogP contribution in [-0.2, 0) is 4.79 Å². The minimum atomic E-state index is -0.176. The van der Waals surface area contributed by atoms with E-state index in [4.69, 9.17) is 5.73 Å². The van der Waals surface area contributed by atoms with E-state index < -0.39 is 0 Å². The van der Waals surface area contributed by atoms with E-state index in [2.05, 4.69) is 12.2 Å². The summed E-state index contributed by atoms with van der Waals surface area (Å²) < 4.78 is 0. The molecular formula is C12H22N2O. The Morgan fingerprint density at radius 1 is 1.27 bits per heavy atom. The Balaban J connectivity index is 1.68. The monoisotopic (exact) mass is 210 g/mol. The fraction of sp³-hybridized carbons (Fsp3) is 0.917. The molecule has 1 amide bonds. The topological polar surface area (TPSA) is 55.1 Å². The van der Waals surface area contributed by atoms with Gasteiger partial charge in [0.25, 0.3) is 0 Å². The smallest absolute Gasteiger partial charge is 0.221 e. The Morgan fingerprint density at radius 2 is 1.87 bits per heavy atom. The molecule has 0 aliphatic heterocycles. The van der Waals surface area contributed by atoms with E-state index in [1.165, 1.54) is 25.7 Å². The van der Waals surface area contributed by atoms with Crippen LogP contribution in [0.2, 0.25) is 0 Å². The fourth-order valence-electron chi connectivity index (χ4n) is 2.46. The second-order valence-electron chi connectivity index (χ2n) is 5.83. The zero-order chi connectivity index (χ0) is 10.9. The Labute approximate surface area is 91.8 Å². The average Bonchev–Trinajstić information content (AvgIpc) is 2.09. The highest BCUT2D eigenvalue weighted by Gasteiger charge is 2.36. The number of hydrogen-bond acceptors (Lipinski definition) is 2. The maximum absolute atomic E-state index is 11.6. The summed E-state index contributed by atoms with van der Waals surface area (Å²) in [6.45, 7) is 3.08. The zero-order valence-electron chi connectivity index (χ0n) is 9.64. The Morgan fingerprint density at radius 3 is 2.27 bits per heavy atom. The third-order valence-corrected chi connectivity index (χ3v) is 4.13. The lowest BCUT2D eigenvalue weighted by molar-refractivity contribution is -0.123. The van der Waals surface area contributed by atoms with Gasteiger partial charge >= 0.3 is 0 Å². The van der Waals surface area contributed by atoms with E-state index in [0.717, 1.165) is 19.4 Å². The summed E-state index contributed by atoms with van der Waals surface area (Å²) in [7, 11) is 0. The number of nitrogens with two attached hydrogens (primary N) is 1.